The number of aromatic nitrogens is 1. The van der Waals surface area contributed by atoms with Crippen LogP contribution in [0.5, 0.6) is 0 Å². The van der Waals surface area contributed by atoms with Gasteiger partial charge in [-0.2, -0.15) is 0 Å². The Morgan fingerprint density at radius 3 is 2.76 bits per heavy atom. The molecule has 0 amide bonds. The summed E-state index contributed by atoms with van der Waals surface area (Å²) in [5, 5.41) is 5.14. The zero-order chi connectivity index (χ0) is 17.2. The van der Waals surface area contributed by atoms with E-state index in [1.165, 1.54) is 5.56 Å². The average molecular weight is 351 g/mol. The number of rotatable bonds is 4. The topological polar surface area (TPSA) is 42.0 Å². The number of hydrogen-bond donors (Lipinski definition) is 1. The van der Waals surface area contributed by atoms with Crippen molar-refractivity contribution in [2.45, 2.75) is 25.7 Å². The lowest BCUT2D eigenvalue weighted by molar-refractivity contribution is 0.0972. The van der Waals surface area contributed by atoms with Gasteiger partial charge >= 0.3 is 0 Å². The molecule has 4 heteroatoms. The second kappa shape index (κ2) is 6.85. The van der Waals surface area contributed by atoms with Crippen molar-refractivity contribution in [3.05, 3.63) is 70.4 Å². The molecule has 0 bridgehead atoms. The van der Waals surface area contributed by atoms with E-state index >= 15 is 0 Å². The highest BCUT2D eigenvalue weighted by atomic mass is 35.5. The highest BCUT2D eigenvalue weighted by Gasteiger charge is 2.24. The first kappa shape index (κ1) is 16.1. The SMILES string of the molecule is O=C1CCCc2nc3cc(Cl)ccc3c(NCCc3ccccc3)c21. The smallest absolute Gasteiger partial charge is 0.166 e. The van der Waals surface area contributed by atoms with E-state index in [9.17, 15) is 4.79 Å². The maximum atomic E-state index is 12.5. The van der Waals surface area contributed by atoms with Gasteiger partial charge in [0.1, 0.15) is 0 Å². The van der Waals surface area contributed by atoms with E-state index in [0.29, 0.717) is 11.4 Å². The molecule has 0 saturated carbocycles. The summed E-state index contributed by atoms with van der Waals surface area (Å²) in [7, 11) is 0. The molecule has 1 aromatic heterocycles. The third kappa shape index (κ3) is 3.24. The van der Waals surface area contributed by atoms with Gasteiger partial charge in [0.2, 0.25) is 0 Å². The highest BCUT2D eigenvalue weighted by Crippen LogP contribution is 2.34. The molecule has 0 spiro atoms. The summed E-state index contributed by atoms with van der Waals surface area (Å²) >= 11 is 6.14. The van der Waals surface area contributed by atoms with Crippen molar-refractivity contribution in [3.8, 4) is 0 Å². The number of anilines is 1. The summed E-state index contributed by atoms with van der Waals surface area (Å²) in [6.07, 6.45) is 3.22. The lowest BCUT2D eigenvalue weighted by Crippen LogP contribution is -2.17. The van der Waals surface area contributed by atoms with Crippen LogP contribution < -0.4 is 5.32 Å². The summed E-state index contributed by atoms with van der Waals surface area (Å²) in [6.45, 7) is 0.769. The first-order valence-electron chi connectivity index (χ1n) is 8.65. The van der Waals surface area contributed by atoms with Crippen LogP contribution >= 0.6 is 11.6 Å². The van der Waals surface area contributed by atoms with Crippen molar-refractivity contribution < 1.29 is 4.79 Å². The molecule has 3 nitrogen and oxygen atoms in total. The maximum Gasteiger partial charge on any atom is 0.166 e. The number of ketones is 1. The molecule has 0 aliphatic heterocycles. The quantitative estimate of drug-likeness (QED) is 0.715. The lowest BCUT2D eigenvalue weighted by Gasteiger charge is -2.21. The number of hydrogen-bond acceptors (Lipinski definition) is 3. The summed E-state index contributed by atoms with van der Waals surface area (Å²) in [5.74, 6) is 0.188. The van der Waals surface area contributed by atoms with Crippen LogP contribution in [0, 0.1) is 0 Å². The van der Waals surface area contributed by atoms with Gasteiger partial charge in [-0.05, 0) is 43.0 Å². The minimum absolute atomic E-state index is 0.188. The highest BCUT2D eigenvalue weighted by molar-refractivity contribution is 6.31. The van der Waals surface area contributed by atoms with Crippen molar-refractivity contribution in [2.75, 3.05) is 11.9 Å². The second-order valence-electron chi connectivity index (χ2n) is 6.41. The predicted molar refractivity (Wildman–Crippen MR) is 103 cm³/mol. The van der Waals surface area contributed by atoms with Crippen molar-refractivity contribution >= 4 is 34.0 Å². The monoisotopic (exact) mass is 350 g/mol. The molecule has 1 N–H and O–H groups in total. The molecule has 0 atom stereocenters. The van der Waals surface area contributed by atoms with E-state index in [0.717, 1.165) is 53.7 Å². The first-order chi connectivity index (χ1) is 12.2. The van der Waals surface area contributed by atoms with Crippen LogP contribution in [-0.4, -0.2) is 17.3 Å². The number of Topliss-reactive ketones (excluding diaryl/α,β-unsaturated/α-hetero) is 1. The van der Waals surface area contributed by atoms with E-state index in [2.05, 4.69) is 17.4 Å². The van der Waals surface area contributed by atoms with Crippen molar-refractivity contribution in [1.29, 1.82) is 0 Å². The van der Waals surface area contributed by atoms with Crippen molar-refractivity contribution in [3.63, 3.8) is 0 Å². The lowest BCUT2D eigenvalue weighted by atomic mass is 9.91. The molecule has 126 valence electrons. The number of nitrogens with zero attached hydrogens (tertiary/aromatic N) is 1. The molecule has 0 radical (unpaired) electrons. The number of pyridine rings is 1. The normalized spacial score (nSPS) is 13.7. The van der Waals surface area contributed by atoms with Gasteiger partial charge in [0.15, 0.2) is 5.78 Å². The molecule has 1 aliphatic rings. The molecule has 1 aliphatic carbocycles. The van der Waals surface area contributed by atoms with Gasteiger partial charge in [0.05, 0.1) is 22.5 Å². The number of benzene rings is 2. The van der Waals surface area contributed by atoms with Gasteiger partial charge in [0.25, 0.3) is 0 Å². The predicted octanol–water partition coefficient (Wildman–Crippen LogP) is 5.06. The minimum atomic E-state index is 0.188. The molecule has 0 unspecified atom stereocenters. The standard InChI is InChI=1S/C21H19ClN2O/c22-15-9-10-16-18(13-15)24-17-7-4-8-19(25)20(17)21(16)23-12-11-14-5-2-1-3-6-14/h1-3,5-6,9-10,13H,4,7-8,11-12H2,(H,23,24). The van der Waals surface area contributed by atoms with Crippen LogP contribution in [-0.2, 0) is 12.8 Å². The molecule has 25 heavy (non-hydrogen) atoms. The van der Waals surface area contributed by atoms with E-state index in [1.807, 2.05) is 36.4 Å². The number of nitrogens with one attached hydrogen (secondary N) is 1. The van der Waals surface area contributed by atoms with E-state index in [1.54, 1.807) is 0 Å². The fourth-order valence-corrected chi connectivity index (χ4v) is 3.64. The molecule has 0 fully saturated rings. The molecule has 1 heterocycles. The van der Waals surface area contributed by atoms with Crippen LogP contribution in [0.2, 0.25) is 5.02 Å². The number of fused-ring (bicyclic) bond motifs is 2. The van der Waals surface area contributed by atoms with E-state index in [4.69, 9.17) is 16.6 Å². The molecular formula is C21H19ClN2O. The zero-order valence-electron chi connectivity index (χ0n) is 13.9. The Morgan fingerprint density at radius 1 is 1.08 bits per heavy atom. The number of halogens is 1. The molecule has 0 saturated heterocycles. The molecule has 4 rings (SSSR count). The van der Waals surface area contributed by atoms with Crippen LogP contribution in [0.4, 0.5) is 5.69 Å². The summed E-state index contributed by atoms with van der Waals surface area (Å²) in [4.78, 5) is 17.3. The van der Waals surface area contributed by atoms with Gasteiger partial charge in [-0.15, -0.1) is 0 Å². The largest absolute Gasteiger partial charge is 0.384 e. The van der Waals surface area contributed by atoms with Gasteiger partial charge in [-0.3, -0.25) is 9.78 Å². The molecule has 3 aromatic rings. The first-order valence-corrected chi connectivity index (χ1v) is 9.03. The molecule has 2 aromatic carbocycles. The van der Waals surface area contributed by atoms with Crippen molar-refractivity contribution in [2.24, 2.45) is 0 Å². The Labute approximate surface area is 152 Å². The van der Waals surface area contributed by atoms with Crippen LogP contribution in [0.3, 0.4) is 0 Å². The number of aryl methyl sites for hydroxylation is 1. The van der Waals surface area contributed by atoms with Gasteiger partial charge < -0.3 is 5.32 Å². The summed E-state index contributed by atoms with van der Waals surface area (Å²) in [5.41, 5.74) is 4.71. The maximum absolute atomic E-state index is 12.5. The van der Waals surface area contributed by atoms with Gasteiger partial charge in [-0.1, -0.05) is 41.9 Å². The van der Waals surface area contributed by atoms with Crippen molar-refractivity contribution in [1.82, 2.24) is 4.98 Å². The Bertz CT molecular complexity index is 938. The number of carbonyl (C=O) groups excluding carboxylic acids is 1. The Balaban J connectivity index is 1.72. The fraction of sp³-hybridized carbons (Fsp3) is 0.238. The Morgan fingerprint density at radius 2 is 1.92 bits per heavy atom. The third-order valence-electron chi connectivity index (χ3n) is 4.68. The average Bonchev–Trinajstić information content (AvgIpc) is 2.62. The van der Waals surface area contributed by atoms with Gasteiger partial charge in [-0.25, -0.2) is 0 Å². The zero-order valence-corrected chi connectivity index (χ0v) is 14.6. The fourth-order valence-electron chi connectivity index (χ4n) is 3.47. The summed E-state index contributed by atoms with van der Waals surface area (Å²) in [6, 6.07) is 16.0. The summed E-state index contributed by atoms with van der Waals surface area (Å²) < 4.78 is 0. The Hall–Kier alpha value is -2.39. The third-order valence-corrected chi connectivity index (χ3v) is 4.91. The Kier molecular flexibility index (Phi) is 4.41. The molecular weight excluding hydrogens is 332 g/mol. The van der Waals surface area contributed by atoms with Crippen LogP contribution in [0.1, 0.15) is 34.5 Å². The minimum Gasteiger partial charge on any atom is -0.384 e. The van der Waals surface area contributed by atoms with Crippen LogP contribution in [0.15, 0.2) is 48.5 Å². The van der Waals surface area contributed by atoms with E-state index in [-0.39, 0.29) is 5.78 Å². The second-order valence-corrected chi connectivity index (χ2v) is 6.85. The van der Waals surface area contributed by atoms with Crippen LogP contribution in [0.25, 0.3) is 10.9 Å². The van der Waals surface area contributed by atoms with Gasteiger partial charge in [0, 0.05) is 23.4 Å². The number of carbonyl (C=O) groups is 1. The van der Waals surface area contributed by atoms with E-state index < -0.39 is 0 Å².